The quantitative estimate of drug-likeness (QED) is 0.782. The minimum Gasteiger partial charge on any atom is -0.303 e. The van der Waals surface area contributed by atoms with E-state index in [0.29, 0.717) is 25.9 Å². The van der Waals surface area contributed by atoms with Crippen LogP contribution in [0.25, 0.3) is 0 Å². The van der Waals surface area contributed by atoms with Crippen molar-refractivity contribution in [3.63, 3.8) is 0 Å². The number of hydrogen-bond donors (Lipinski definition) is 1. The molecule has 0 unspecified atom stereocenters. The van der Waals surface area contributed by atoms with Gasteiger partial charge in [-0.3, -0.25) is 0 Å². The van der Waals surface area contributed by atoms with Gasteiger partial charge in [0, 0.05) is 6.04 Å². The van der Waals surface area contributed by atoms with E-state index >= 15 is 0 Å². The van der Waals surface area contributed by atoms with E-state index in [0.717, 1.165) is 6.54 Å². The maximum Gasteiger partial charge on any atom is 0.416 e. The largest absolute Gasteiger partial charge is 0.416 e. The molecule has 11 heteroatoms. The topological polar surface area (TPSA) is 49.4 Å². The lowest BCUT2D eigenvalue weighted by Gasteiger charge is -2.31. The Kier molecular flexibility index (Phi) is 5.93. The van der Waals surface area contributed by atoms with Crippen LogP contribution < -0.4 is 4.72 Å². The zero-order chi connectivity index (χ0) is 19.8. The molecule has 4 nitrogen and oxygen atoms in total. The summed E-state index contributed by atoms with van der Waals surface area (Å²) < 4.78 is 104. The summed E-state index contributed by atoms with van der Waals surface area (Å²) in [6.45, 7) is 3.91. The molecule has 1 heterocycles. The number of hydrogen-bond acceptors (Lipinski definition) is 3. The maximum atomic E-state index is 12.9. The van der Waals surface area contributed by atoms with Gasteiger partial charge in [-0.25, -0.2) is 13.1 Å². The van der Waals surface area contributed by atoms with Crippen molar-refractivity contribution >= 4 is 10.0 Å². The molecule has 1 aromatic carbocycles. The van der Waals surface area contributed by atoms with E-state index in [1.54, 1.807) is 0 Å². The number of nitrogens with zero attached hydrogens (tertiary/aromatic N) is 1. The van der Waals surface area contributed by atoms with Crippen LogP contribution >= 0.6 is 0 Å². The van der Waals surface area contributed by atoms with Crippen LogP contribution in [0.15, 0.2) is 23.1 Å². The maximum absolute atomic E-state index is 12.9. The fourth-order valence-electron chi connectivity index (χ4n) is 2.74. The van der Waals surface area contributed by atoms with Crippen molar-refractivity contribution in [2.45, 2.75) is 43.1 Å². The van der Waals surface area contributed by atoms with Crippen LogP contribution in [0, 0.1) is 0 Å². The molecule has 1 aliphatic rings. The zero-order valence-corrected chi connectivity index (χ0v) is 14.6. The Morgan fingerprint density at radius 2 is 1.46 bits per heavy atom. The number of likely N-dealkylation sites (tertiary alicyclic amines) is 1. The first-order valence-electron chi connectivity index (χ1n) is 7.87. The first-order chi connectivity index (χ1) is 11.8. The van der Waals surface area contributed by atoms with E-state index in [4.69, 9.17) is 0 Å². The van der Waals surface area contributed by atoms with Gasteiger partial charge in [0.05, 0.1) is 16.0 Å². The minimum atomic E-state index is -5.10. The highest BCUT2D eigenvalue weighted by atomic mass is 32.2. The summed E-state index contributed by atoms with van der Waals surface area (Å²) in [5.41, 5.74) is -3.32. The fraction of sp³-hybridized carbons (Fsp3) is 0.600. The highest BCUT2D eigenvalue weighted by Crippen LogP contribution is 2.37. The van der Waals surface area contributed by atoms with Crippen molar-refractivity contribution < 1.29 is 34.8 Å². The van der Waals surface area contributed by atoms with Crippen molar-refractivity contribution in [1.29, 1.82) is 0 Å². The van der Waals surface area contributed by atoms with E-state index < -0.39 is 44.4 Å². The molecule has 1 saturated heterocycles. The predicted octanol–water partition coefficient (Wildman–Crippen LogP) is 3.49. The molecular formula is C15H18F6N2O2S. The van der Waals surface area contributed by atoms with E-state index in [2.05, 4.69) is 9.62 Å². The molecule has 0 atom stereocenters. The van der Waals surface area contributed by atoms with Gasteiger partial charge in [-0.15, -0.1) is 0 Å². The first kappa shape index (κ1) is 21.0. The SMILES string of the molecule is CCN1CCC(NS(=O)(=O)c2cc(C(F)(F)F)cc(C(F)(F)F)c2)CC1. The molecule has 26 heavy (non-hydrogen) atoms. The monoisotopic (exact) mass is 404 g/mol. The van der Waals surface area contributed by atoms with Gasteiger partial charge in [0.2, 0.25) is 10.0 Å². The molecule has 1 fully saturated rings. The van der Waals surface area contributed by atoms with Crippen molar-refractivity contribution in [3.8, 4) is 0 Å². The van der Waals surface area contributed by atoms with E-state index in [-0.39, 0.29) is 18.2 Å². The average molecular weight is 404 g/mol. The lowest BCUT2D eigenvalue weighted by atomic mass is 10.1. The number of rotatable bonds is 4. The van der Waals surface area contributed by atoms with E-state index in [1.807, 2.05) is 6.92 Å². The number of sulfonamides is 1. The van der Waals surface area contributed by atoms with Crippen molar-refractivity contribution in [1.82, 2.24) is 9.62 Å². The third kappa shape index (κ3) is 5.10. The highest BCUT2D eigenvalue weighted by Gasteiger charge is 2.38. The average Bonchev–Trinajstić information content (AvgIpc) is 2.53. The summed E-state index contributed by atoms with van der Waals surface area (Å²) in [6, 6.07) is -0.192. The Hall–Kier alpha value is -1.33. The number of halogens is 6. The van der Waals surface area contributed by atoms with Gasteiger partial charge in [-0.05, 0) is 50.7 Å². The molecular weight excluding hydrogens is 386 g/mol. The molecule has 0 bridgehead atoms. The summed E-state index contributed by atoms with van der Waals surface area (Å²) in [4.78, 5) is 1.02. The molecule has 1 N–H and O–H groups in total. The summed E-state index contributed by atoms with van der Waals surface area (Å²) >= 11 is 0. The molecule has 0 aliphatic carbocycles. The molecule has 0 saturated carbocycles. The highest BCUT2D eigenvalue weighted by molar-refractivity contribution is 7.89. The van der Waals surface area contributed by atoms with Crippen LogP contribution in [0.3, 0.4) is 0 Å². The van der Waals surface area contributed by atoms with Crippen molar-refractivity contribution in [2.24, 2.45) is 0 Å². The summed E-state index contributed by atoms with van der Waals surface area (Å²) in [7, 11) is -4.52. The summed E-state index contributed by atoms with van der Waals surface area (Å²) in [6.07, 6.45) is -9.34. The third-order valence-electron chi connectivity index (χ3n) is 4.23. The molecule has 148 valence electrons. The second kappa shape index (κ2) is 7.35. The van der Waals surface area contributed by atoms with Gasteiger partial charge >= 0.3 is 12.4 Å². The zero-order valence-electron chi connectivity index (χ0n) is 13.8. The van der Waals surface area contributed by atoms with E-state index in [1.165, 1.54) is 0 Å². The van der Waals surface area contributed by atoms with Crippen LogP contribution in [0.4, 0.5) is 26.3 Å². The summed E-state index contributed by atoms with van der Waals surface area (Å²) in [5, 5.41) is 0. The Bertz CT molecular complexity index is 705. The van der Waals surface area contributed by atoms with Gasteiger partial charge in [-0.1, -0.05) is 6.92 Å². The standard InChI is InChI=1S/C15H18F6N2O2S/c1-2-23-5-3-12(4-6-23)22-26(24,25)13-8-10(14(16,17)18)7-11(9-13)15(19,20)21/h7-9,12,22H,2-6H2,1H3. The van der Waals surface area contributed by atoms with Gasteiger partial charge in [0.15, 0.2) is 0 Å². The molecule has 1 aromatic rings. The Balaban J connectivity index is 2.33. The molecule has 0 amide bonds. The molecule has 2 rings (SSSR count). The Labute approximate surface area is 147 Å². The minimum absolute atomic E-state index is 0.0985. The lowest BCUT2D eigenvalue weighted by Crippen LogP contribution is -2.44. The number of nitrogens with one attached hydrogen (secondary N) is 1. The van der Waals surface area contributed by atoms with Crippen LogP contribution in [-0.2, 0) is 22.4 Å². The first-order valence-corrected chi connectivity index (χ1v) is 9.35. The predicted molar refractivity (Wildman–Crippen MR) is 81.9 cm³/mol. The second-order valence-electron chi connectivity index (χ2n) is 6.07. The molecule has 0 radical (unpaired) electrons. The molecule has 0 spiro atoms. The summed E-state index contributed by atoms with van der Waals surface area (Å²) in [5.74, 6) is 0. The Morgan fingerprint density at radius 3 is 1.85 bits per heavy atom. The number of piperidine rings is 1. The van der Waals surface area contributed by atoms with Crippen LogP contribution in [0.1, 0.15) is 30.9 Å². The second-order valence-corrected chi connectivity index (χ2v) is 7.79. The molecule has 0 aromatic heterocycles. The third-order valence-corrected chi connectivity index (χ3v) is 5.73. The Morgan fingerprint density at radius 1 is 1.00 bits per heavy atom. The van der Waals surface area contributed by atoms with Crippen molar-refractivity contribution in [2.75, 3.05) is 19.6 Å². The normalized spacial score (nSPS) is 18.3. The number of benzene rings is 1. The number of alkyl halides is 6. The van der Waals surface area contributed by atoms with E-state index in [9.17, 15) is 34.8 Å². The van der Waals surface area contributed by atoms with Gasteiger partial charge in [-0.2, -0.15) is 26.3 Å². The van der Waals surface area contributed by atoms with Crippen LogP contribution in [0.5, 0.6) is 0 Å². The van der Waals surface area contributed by atoms with Gasteiger partial charge in [0.1, 0.15) is 0 Å². The fourth-order valence-corrected chi connectivity index (χ4v) is 4.11. The van der Waals surface area contributed by atoms with Crippen molar-refractivity contribution in [3.05, 3.63) is 29.3 Å². The van der Waals surface area contributed by atoms with Crippen LogP contribution in [0.2, 0.25) is 0 Å². The lowest BCUT2D eigenvalue weighted by molar-refractivity contribution is -0.143. The van der Waals surface area contributed by atoms with Gasteiger partial charge < -0.3 is 4.90 Å². The van der Waals surface area contributed by atoms with Gasteiger partial charge in [0.25, 0.3) is 0 Å². The molecule has 1 aliphatic heterocycles. The smallest absolute Gasteiger partial charge is 0.303 e. The van der Waals surface area contributed by atoms with Crippen LogP contribution in [-0.4, -0.2) is 39.0 Å².